The highest BCUT2D eigenvalue weighted by molar-refractivity contribution is 5.85. The molecule has 1 fully saturated rings. The molecule has 14 heavy (non-hydrogen) atoms. The summed E-state index contributed by atoms with van der Waals surface area (Å²) in [5.74, 6) is 0.0223. The molecular formula is C10H17NO3. The Morgan fingerprint density at radius 2 is 2.14 bits per heavy atom. The van der Waals surface area contributed by atoms with Crippen molar-refractivity contribution in [2.75, 3.05) is 27.2 Å². The van der Waals surface area contributed by atoms with Gasteiger partial charge in [0.05, 0.1) is 13.5 Å². The summed E-state index contributed by atoms with van der Waals surface area (Å²) >= 11 is 0. The van der Waals surface area contributed by atoms with Crippen LogP contribution in [0.5, 0.6) is 0 Å². The average molecular weight is 199 g/mol. The monoisotopic (exact) mass is 199 g/mol. The van der Waals surface area contributed by atoms with Crippen LogP contribution in [0.25, 0.3) is 0 Å². The van der Waals surface area contributed by atoms with E-state index < -0.39 is 0 Å². The lowest BCUT2D eigenvalue weighted by Crippen LogP contribution is -2.20. The van der Waals surface area contributed by atoms with Gasteiger partial charge < -0.3 is 9.64 Å². The van der Waals surface area contributed by atoms with Gasteiger partial charge in [-0.3, -0.25) is 9.59 Å². The maximum atomic E-state index is 11.6. The molecule has 1 heterocycles. The molecular weight excluding hydrogens is 182 g/mol. The fourth-order valence-corrected chi connectivity index (χ4v) is 1.73. The van der Waals surface area contributed by atoms with Crippen molar-refractivity contribution in [1.82, 2.24) is 4.90 Å². The normalized spacial score (nSPS) is 22.3. The molecule has 1 unspecified atom stereocenters. The Balaban J connectivity index is 2.25. The van der Waals surface area contributed by atoms with Crippen LogP contribution in [-0.2, 0) is 14.3 Å². The Hall–Kier alpha value is -0.900. The van der Waals surface area contributed by atoms with E-state index in [1.165, 1.54) is 7.11 Å². The molecule has 4 heteroatoms. The second kappa shape index (κ2) is 5.10. The lowest BCUT2D eigenvalue weighted by Gasteiger charge is -2.08. The van der Waals surface area contributed by atoms with Crippen molar-refractivity contribution >= 4 is 11.8 Å². The Kier molecular flexibility index (Phi) is 4.07. The Labute approximate surface area is 84.2 Å². The van der Waals surface area contributed by atoms with E-state index in [9.17, 15) is 9.59 Å². The number of Topliss-reactive ketones (excluding diaryl/α,β-unsaturated/α-hetero) is 1. The molecule has 0 radical (unpaired) electrons. The second-order valence-electron chi connectivity index (χ2n) is 3.79. The standard InChI is InChI=1S/C10H17NO3/c1-11-6-5-8(7-11)9(12)3-4-10(13)14-2/h8H,3-7H2,1-2H3. The van der Waals surface area contributed by atoms with Crippen molar-refractivity contribution in [2.45, 2.75) is 19.3 Å². The zero-order valence-corrected chi connectivity index (χ0v) is 8.78. The molecule has 4 nitrogen and oxygen atoms in total. The second-order valence-corrected chi connectivity index (χ2v) is 3.79. The fourth-order valence-electron chi connectivity index (χ4n) is 1.73. The summed E-state index contributed by atoms with van der Waals surface area (Å²) in [4.78, 5) is 24.5. The van der Waals surface area contributed by atoms with Gasteiger partial charge in [0.15, 0.2) is 0 Å². The minimum atomic E-state index is -0.301. The molecule has 1 rings (SSSR count). The Bertz CT molecular complexity index is 227. The van der Waals surface area contributed by atoms with E-state index in [1.807, 2.05) is 7.05 Å². The van der Waals surface area contributed by atoms with Crippen LogP contribution >= 0.6 is 0 Å². The Morgan fingerprint density at radius 1 is 1.43 bits per heavy atom. The fraction of sp³-hybridized carbons (Fsp3) is 0.800. The van der Waals surface area contributed by atoms with Crippen molar-refractivity contribution in [1.29, 1.82) is 0 Å². The van der Waals surface area contributed by atoms with Crippen molar-refractivity contribution in [3.63, 3.8) is 0 Å². The van der Waals surface area contributed by atoms with Crippen molar-refractivity contribution in [3.05, 3.63) is 0 Å². The summed E-state index contributed by atoms with van der Waals surface area (Å²) in [5, 5.41) is 0. The van der Waals surface area contributed by atoms with Crippen LogP contribution < -0.4 is 0 Å². The first-order chi connectivity index (χ1) is 6.63. The quantitative estimate of drug-likeness (QED) is 0.617. The molecule has 0 aromatic heterocycles. The van der Waals surface area contributed by atoms with E-state index >= 15 is 0 Å². The SMILES string of the molecule is COC(=O)CCC(=O)C1CCN(C)C1. The predicted molar refractivity (Wildman–Crippen MR) is 51.9 cm³/mol. The van der Waals surface area contributed by atoms with E-state index in [1.54, 1.807) is 0 Å². The summed E-state index contributed by atoms with van der Waals surface area (Å²) in [6, 6.07) is 0. The third-order valence-corrected chi connectivity index (χ3v) is 2.65. The van der Waals surface area contributed by atoms with Crippen LogP contribution in [-0.4, -0.2) is 43.9 Å². The highest BCUT2D eigenvalue weighted by Crippen LogP contribution is 2.17. The number of hydrogen-bond acceptors (Lipinski definition) is 4. The van der Waals surface area contributed by atoms with Gasteiger partial charge in [0.1, 0.15) is 5.78 Å². The highest BCUT2D eigenvalue weighted by atomic mass is 16.5. The molecule has 0 spiro atoms. The molecule has 0 aromatic carbocycles. The topological polar surface area (TPSA) is 46.6 Å². The highest BCUT2D eigenvalue weighted by Gasteiger charge is 2.25. The number of rotatable bonds is 4. The number of esters is 1. The molecule has 0 aliphatic carbocycles. The van der Waals surface area contributed by atoms with Gasteiger partial charge in [0.2, 0.25) is 0 Å². The maximum absolute atomic E-state index is 11.6. The molecule has 1 aliphatic rings. The first-order valence-electron chi connectivity index (χ1n) is 4.91. The van der Waals surface area contributed by atoms with Gasteiger partial charge in [-0.25, -0.2) is 0 Å². The van der Waals surface area contributed by atoms with Crippen molar-refractivity contribution in [2.24, 2.45) is 5.92 Å². The summed E-state index contributed by atoms with van der Waals surface area (Å²) < 4.78 is 4.48. The molecule has 1 aliphatic heterocycles. The molecule has 80 valence electrons. The average Bonchev–Trinajstić information content (AvgIpc) is 2.60. The zero-order chi connectivity index (χ0) is 10.6. The molecule has 1 saturated heterocycles. The predicted octanol–water partition coefficient (Wildman–Crippen LogP) is 0.460. The van der Waals surface area contributed by atoms with E-state index in [0.29, 0.717) is 6.42 Å². The summed E-state index contributed by atoms with van der Waals surface area (Å²) in [6.45, 7) is 1.81. The molecule has 0 N–H and O–H groups in total. The van der Waals surface area contributed by atoms with Gasteiger partial charge >= 0.3 is 5.97 Å². The number of methoxy groups -OCH3 is 1. The number of nitrogens with zero attached hydrogens (tertiary/aromatic N) is 1. The van der Waals surface area contributed by atoms with Gasteiger partial charge in [-0.2, -0.15) is 0 Å². The van der Waals surface area contributed by atoms with E-state index in [2.05, 4.69) is 9.64 Å². The van der Waals surface area contributed by atoms with Crippen molar-refractivity contribution in [3.8, 4) is 0 Å². The van der Waals surface area contributed by atoms with Crippen molar-refractivity contribution < 1.29 is 14.3 Å². The smallest absolute Gasteiger partial charge is 0.305 e. The third-order valence-electron chi connectivity index (χ3n) is 2.65. The third kappa shape index (κ3) is 3.10. The number of carbonyl (C=O) groups is 2. The lowest BCUT2D eigenvalue weighted by atomic mass is 10.00. The molecule has 0 saturated carbocycles. The minimum Gasteiger partial charge on any atom is -0.469 e. The van der Waals surface area contributed by atoms with Gasteiger partial charge in [0.25, 0.3) is 0 Å². The minimum absolute atomic E-state index is 0.129. The van der Waals surface area contributed by atoms with E-state index in [0.717, 1.165) is 19.5 Å². The Morgan fingerprint density at radius 3 is 2.64 bits per heavy atom. The van der Waals surface area contributed by atoms with Crippen LogP contribution in [0.2, 0.25) is 0 Å². The van der Waals surface area contributed by atoms with Gasteiger partial charge in [-0.15, -0.1) is 0 Å². The van der Waals surface area contributed by atoms with Crippen LogP contribution in [0.15, 0.2) is 0 Å². The number of ether oxygens (including phenoxy) is 1. The first kappa shape index (κ1) is 11.2. The van der Waals surface area contributed by atoms with E-state index in [4.69, 9.17) is 0 Å². The molecule has 0 bridgehead atoms. The number of carbonyl (C=O) groups excluding carboxylic acids is 2. The molecule has 0 aromatic rings. The van der Waals surface area contributed by atoms with E-state index in [-0.39, 0.29) is 24.1 Å². The molecule has 0 amide bonds. The first-order valence-corrected chi connectivity index (χ1v) is 4.91. The number of hydrogen-bond donors (Lipinski definition) is 0. The van der Waals surface area contributed by atoms with Crippen LogP contribution in [0.3, 0.4) is 0 Å². The van der Waals surface area contributed by atoms with Gasteiger partial charge in [-0.05, 0) is 20.0 Å². The number of likely N-dealkylation sites (tertiary alicyclic amines) is 1. The summed E-state index contributed by atoms with van der Waals surface area (Å²) in [7, 11) is 3.35. The summed E-state index contributed by atoms with van der Waals surface area (Å²) in [5.41, 5.74) is 0. The zero-order valence-electron chi connectivity index (χ0n) is 8.78. The van der Waals surface area contributed by atoms with Crippen LogP contribution in [0, 0.1) is 5.92 Å². The largest absolute Gasteiger partial charge is 0.469 e. The lowest BCUT2D eigenvalue weighted by molar-refractivity contribution is -0.142. The van der Waals surface area contributed by atoms with Crippen LogP contribution in [0.1, 0.15) is 19.3 Å². The number of ketones is 1. The maximum Gasteiger partial charge on any atom is 0.305 e. The molecule has 1 atom stereocenters. The van der Waals surface area contributed by atoms with Gasteiger partial charge in [-0.1, -0.05) is 0 Å². The van der Waals surface area contributed by atoms with Crippen LogP contribution in [0.4, 0.5) is 0 Å². The van der Waals surface area contributed by atoms with Gasteiger partial charge in [0, 0.05) is 18.9 Å². The summed E-state index contributed by atoms with van der Waals surface area (Å²) in [6.07, 6.45) is 1.47.